The summed E-state index contributed by atoms with van der Waals surface area (Å²) in [6, 6.07) is 0. The second-order valence-corrected chi connectivity index (χ2v) is 3.29. The summed E-state index contributed by atoms with van der Waals surface area (Å²) in [5.74, 6) is 2.01. The predicted octanol–water partition coefficient (Wildman–Crippen LogP) is 5.13. The fourth-order valence-corrected chi connectivity index (χ4v) is 1.62. The second-order valence-electron chi connectivity index (χ2n) is 3.29. The van der Waals surface area contributed by atoms with Crippen LogP contribution in [-0.2, 0) is 0 Å². The molecule has 0 aromatic carbocycles. The third kappa shape index (κ3) is 6.69. The van der Waals surface area contributed by atoms with Crippen molar-refractivity contribution in [1.29, 1.82) is 0 Å². The molecule has 0 aliphatic heterocycles. The van der Waals surface area contributed by atoms with E-state index in [-0.39, 0.29) is 14.9 Å². The highest BCUT2D eigenvalue weighted by atomic mass is 14.2. The Labute approximate surface area is 80.8 Å². The van der Waals surface area contributed by atoms with Gasteiger partial charge in [0.1, 0.15) is 0 Å². The summed E-state index contributed by atoms with van der Waals surface area (Å²) >= 11 is 0. The van der Waals surface area contributed by atoms with Crippen LogP contribution < -0.4 is 0 Å². The molecule has 0 amide bonds. The lowest BCUT2D eigenvalue weighted by molar-refractivity contribution is 0.396. The van der Waals surface area contributed by atoms with E-state index in [9.17, 15) is 0 Å². The Hall–Kier alpha value is 0. The van der Waals surface area contributed by atoms with Gasteiger partial charge in [0.15, 0.2) is 0 Å². The molecule has 0 bridgehead atoms. The maximum Gasteiger partial charge on any atom is -0.0391 e. The van der Waals surface area contributed by atoms with Crippen molar-refractivity contribution in [3.05, 3.63) is 0 Å². The first kappa shape index (κ1) is 17.9. The molecule has 0 heteroatoms. The van der Waals surface area contributed by atoms with Crippen LogP contribution in [-0.4, -0.2) is 0 Å². The molecule has 0 saturated heterocycles. The van der Waals surface area contributed by atoms with Gasteiger partial charge < -0.3 is 0 Å². The molecule has 0 heterocycles. The van der Waals surface area contributed by atoms with Crippen molar-refractivity contribution in [3.63, 3.8) is 0 Å². The molecule has 12 heavy (non-hydrogen) atoms. The summed E-state index contributed by atoms with van der Waals surface area (Å²) in [4.78, 5) is 0. The highest BCUT2D eigenvalue weighted by Gasteiger charge is 2.17. The van der Waals surface area contributed by atoms with Gasteiger partial charge in [0, 0.05) is 0 Å². The van der Waals surface area contributed by atoms with E-state index in [4.69, 9.17) is 0 Å². The molecule has 1 saturated carbocycles. The highest BCUT2D eigenvalue weighted by Crippen LogP contribution is 2.30. The molecule has 1 aliphatic rings. The van der Waals surface area contributed by atoms with Gasteiger partial charge in [-0.25, -0.2) is 0 Å². The van der Waals surface area contributed by atoms with Crippen LogP contribution in [0.2, 0.25) is 0 Å². The maximum atomic E-state index is 2.34. The molecule has 0 nitrogen and oxygen atoms in total. The van der Waals surface area contributed by atoms with E-state index in [0.717, 1.165) is 11.8 Å². The SMILES string of the molecule is C.C.CC.CC(C)C1CCCC1. The van der Waals surface area contributed by atoms with Gasteiger partial charge in [-0.15, -0.1) is 0 Å². The number of rotatable bonds is 1. The fourth-order valence-electron chi connectivity index (χ4n) is 1.62. The van der Waals surface area contributed by atoms with E-state index in [0.29, 0.717) is 0 Å². The van der Waals surface area contributed by atoms with Gasteiger partial charge in [0.05, 0.1) is 0 Å². The van der Waals surface area contributed by atoms with Crippen LogP contribution in [0.25, 0.3) is 0 Å². The number of hydrogen-bond donors (Lipinski definition) is 0. The molecular weight excluding hydrogens is 144 g/mol. The lowest BCUT2D eigenvalue weighted by Crippen LogP contribution is -2.01. The molecule has 78 valence electrons. The van der Waals surface area contributed by atoms with E-state index >= 15 is 0 Å². The lowest BCUT2D eigenvalue weighted by atomic mass is 9.95. The van der Waals surface area contributed by atoms with Gasteiger partial charge in [-0.2, -0.15) is 0 Å². The highest BCUT2D eigenvalue weighted by molar-refractivity contribution is 4.69. The van der Waals surface area contributed by atoms with Gasteiger partial charge in [-0.05, 0) is 11.8 Å². The average Bonchev–Trinajstić information content (AvgIpc) is 2.42. The minimum atomic E-state index is 0. The van der Waals surface area contributed by atoms with Crippen LogP contribution in [0.15, 0.2) is 0 Å². The maximum absolute atomic E-state index is 2.34. The van der Waals surface area contributed by atoms with Gasteiger partial charge in [0.25, 0.3) is 0 Å². The molecule has 1 aliphatic carbocycles. The number of hydrogen-bond acceptors (Lipinski definition) is 0. The first-order chi connectivity index (χ1) is 4.80. The summed E-state index contributed by atoms with van der Waals surface area (Å²) in [6.07, 6.45) is 5.97. The average molecular weight is 174 g/mol. The van der Waals surface area contributed by atoms with Crippen molar-refractivity contribution in [2.45, 2.75) is 68.2 Å². The summed E-state index contributed by atoms with van der Waals surface area (Å²) in [5, 5.41) is 0. The van der Waals surface area contributed by atoms with Crippen LogP contribution in [0.3, 0.4) is 0 Å². The molecule has 1 rings (SSSR count). The van der Waals surface area contributed by atoms with Crippen LogP contribution in [0.1, 0.15) is 68.2 Å². The Morgan fingerprint density at radius 1 is 0.917 bits per heavy atom. The quantitative estimate of drug-likeness (QED) is 0.517. The predicted molar refractivity (Wildman–Crippen MR) is 61.6 cm³/mol. The molecule has 0 spiro atoms. The zero-order valence-electron chi connectivity index (χ0n) is 7.98. The van der Waals surface area contributed by atoms with Crippen molar-refractivity contribution in [1.82, 2.24) is 0 Å². The molecule has 0 unspecified atom stereocenters. The molecule has 1 fully saturated rings. The summed E-state index contributed by atoms with van der Waals surface area (Å²) in [7, 11) is 0. The normalized spacial score (nSPS) is 15.8. The Morgan fingerprint density at radius 2 is 1.25 bits per heavy atom. The van der Waals surface area contributed by atoms with Crippen LogP contribution >= 0.6 is 0 Å². The van der Waals surface area contributed by atoms with Gasteiger partial charge in [-0.1, -0.05) is 68.2 Å². The van der Waals surface area contributed by atoms with Gasteiger partial charge >= 0.3 is 0 Å². The van der Waals surface area contributed by atoms with E-state index in [2.05, 4.69) is 13.8 Å². The summed E-state index contributed by atoms with van der Waals surface area (Å²) < 4.78 is 0. The van der Waals surface area contributed by atoms with Crippen LogP contribution in [0.5, 0.6) is 0 Å². The van der Waals surface area contributed by atoms with Crippen LogP contribution in [0, 0.1) is 11.8 Å². The first-order valence-electron chi connectivity index (χ1n) is 4.80. The second kappa shape index (κ2) is 11.0. The van der Waals surface area contributed by atoms with E-state index < -0.39 is 0 Å². The molecule has 0 N–H and O–H groups in total. The Kier molecular flexibility index (Phi) is 16.4. The Morgan fingerprint density at radius 3 is 1.42 bits per heavy atom. The van der Waals surface area contributed by atoms with Gasteiger partial charge in [-0.3, -0.25) is 0 Å². The standard InChI is InChI=1S/C8H16.C2H6.2CH4/c1-7(2)8-5-3-4-6-8;1-2;;/h7-8H,3-6H2,1-2H3;1-2H3;2*1H4. The third-order valence-corrected chi connectivity index (χ3v) is 2.34. The van der Waals surface area contributed by atoms with Gasteiger partial charge in [0.2, 0.25) is 0 Å². The third-order valence-electron chi connectivity index (χ3n) is 2.34. The van der Waals surface area contributed by atoms with Crippen molar-refractivity contribution >= 4 is 0 Å². The lowest BCUT2D eigenvalue weighted by Gasteiger charge is -2.11. The molecule has 0 radical (unpaired) electrons. The van der Waals surface area contributed by atoms with Crippen molar-refractivity contribution in [2.24, 2.45) is 11.8 Å². The smallest absolute Gasteiger partial charge is 0.0391 e. The molecule has 0 aromatic rings. The molecular formula is C12H30. The van der Waals surface area contributed by atoms with E-state index in [1.807, 2.05) is 13.8 Å². The molecule has 0 atom stereocenters. The van der Waals surface area contributed by atoms with Crippen molar-refractivity contribution in [2.75, 3.05) is 0 Å². The zero-order valence-corrected chi connectivity index (χ0v) is 7.98. The van der Waals surface area contributed by atoms with E-state index in [1.54, 1.807) is 0 Å². The largest absolute Gasteiger partial charge is 0.0776 e. The topological polar surface area (TPSA) is 0 Å². The van der Waals surface area contributed by atoms with Crippen molar-refractivity contribution < 1.29 is 0 Å². The first-order valence-corrected chi connectivity index (χ1v) is 4.80. The minimum absolute atomic E-state index is 0. The van der Waals surface area contributed by atoms with Crippen molar-refractivity contribution in [3.8, 4) is 0 Å². The van der Waals surface area contributed by atoms with Crippen LogP contribution in [0.4, 0.5) is 0 Å². The fraction of sp³-hybridized carbons (Fsp3) is 1.00. The molecule has 0 aromatic heterocycles. The monoisotopic (exact) mass is 174 g/mol. The summed E-state index contributed by atoms with van der Waals surface area (Å²) in [6.45, 7) is 8.69. The Bertz CT molecular complexity index is 58.4. The zero-order chi connectivity index (χ0) is 7.98. The summed E-state index contributed by atoms with van der Waals surface area (Å²) in [5.41, 5.74) is 0. The van der Waals surface area contributed by atoms with E-state index in [1.165, 1.54) is 25.7 Å². The minimum Gasteiger partial charge on any atom is -0.0776 e. The Balaban J connectivity index is -0.000000189.